The SMILES string of the molecule is Cc1cc(C(=O)CCN)c(C)cc1O. The molecule has 14 heavy (non-hydrogen) atoms. The lowest BCUT2D eigenvalue weighted by molar-refractivity contribution is 0.0985. The first kappa shape index (κ1) is 10.7. The van der Waals surface area contributed by atoms with Crippen molar-refractivity contribution in [3.63, 3.8) is 0 Å². The lowest BCUT2D eigenvalue weighted by atomic mass is 9.99. The quantitative estimate of drug-likeness (QED) is 0.716. The molecule has 3 nitrogen and oxygen atoms in total. The number of carbonyl (C=O) groups excluding carboxylic acids is 1. The second-order valence-electron chi connectivity index (χ2n) is 3.42. The van der Waals surface area contributed by atoms with E-state index in [1.54, 1.807) is 19.1 Å². The number of phenolic OH excluding ortho intramolecular Hbond substituents is 1. The third-order valence-corrected chi connectivity index (χ3v) is 2.21. The molecule has 0 bridgehead atoms. The standard InChI is InChI=1S/C11H15NO2/c1-7-6-11(14)8(2)5-9(7)10(13)3-4-12/h5-6,14H,3-4,12H2,1-2H3. The summed E-state index contributed by atoms with van der Waals surface area (Å²) in [5.74, 6) is 0.264. The number of carbonyl (C=O) groups is 1. The molecule has 1 aromatic carbocycles. The van der Waals surface area contributed by atoms with Crippen LogP contribution in [0.15, 0.2) is 12.1 Å². The summed E-state index contributed by atoms with van der Waals surface area (Å²) in [5, 5.41) is 9.40. The third-order valence-electron chi connectivity index (χ3n) is 2.21. The minimum atomic E-state index is 0.0353. The summed E-state index contributed by atoms with van der Waals surface area (Å²) in [4.78, 5) is 11.6. The van der Waals surface area contributed by atoms with Gasteiger partial charge in [-0.2, -0.15) is 0 Å². The molecule has 3 N–H and O–H groups in total. The number of benzene rings is 1. The fourth-order valence-electron chi connectivity index (χ4n) is 1.37. The maximum absolute atomic E-state index is 11.6. The highest BCUT2D eigenvalue weighted by Crippen LogP contribution is 2.21. The molecule has 0 aliphatic carbocycles. The van der Waals surface area contributed by atoms with Gasteiger partial charge >= 0.3 is 0 Å². The Morgan fingerprint density at radius 3 is 2.57 bits per heavy atom. The van der Waals surface area contributed by atoms with Crippen molar-refractivity contribution in [1.82, 2.24) is 0 Å². The van der Waals surface area contributed by atoms with Crippen LogP contribution in [0.5, 0.6) is 5.75 Å². The van der Waals surface area contributed by atoms with Crippen molar-refractivity contribution in [1.29, 1.82) is 0 Å². The van der Waals surface area contributed by atoms with Gasteiger partial charge in [0, 0.05) is 12.0 Å². The molecule has 0 radical (unpaired) electrons. The minimum Gasteiger partial charge on any atom is -0.508 e. The molecular weight excluding hydrogens is 178 g/mol. The minimum absolute atomic E-state index is 0.0353. The predicted octanol–water partition coefficient (Wildman–Crippen LogP) is 1.54. The molecule has 0 atom stereocenters. The summed E-state index contributed by atoms with van der Waals surface area (Å²) < 4.78 is 0. The Kier molecular flexibility index (Phi) is 3.25. The molecule has 0 aromatic heterocycles. The molecule has 0 saturated carbocycles. The van der Waals surface area contributed by atoms with Crippen LogP contribution < -0.4 is 5.73 Å². The largest absolute Gasteiger partial charge is 0.508 e. The van der Waals surface area contributed by atoms with E-state index < -0.39 is 0 Å². The molecule has 76 valence electrons. The Bertz CT molecular complexity index is 359. The van der Waals surface area contributed by atoms with Crippen LogP contribution in [-0.2, 0) is 0 Å². The van der Waals surface area contributed by atoms with Crippen molar-refractivity contribution in [3.8, 4) is 5.75 Å². The molecular formula is C11H15NO2. The normalized spacial score (nSPS) is 10.2. The van der Waals surface area contributed by atoms with Crippen LogP contribution >= 0.6 is 0 Å². The first-order chi connectivity index (χ1) is 6.56. The molecule has 0 unspecified atom stereocenters. The number of aromatic hydroxyl groups is 1. The number of aryl methyl sites for hydroxylation is 2. The van der Waals surface area contributed by atoms with Crippen molar-refractivity contribution in [2.24, 2.45) is 5.73 Å². The van der Waals surface area contributed by atoms with Crippen molar-refractivity contribution >= 4 is 5.78 Å². The average Bonchev–Trinajstić information content (AvgIpc) is 2.11. The first-order valence-electron chi connectivity index (χ1n) is 4.59. The van der Waals surface area contributed by atoms with Crippen LogP contribution in [0.25, 0.3) is 0 Å². The number of ketones is 1. The molecule has 0 heterocycles. The van der Waals surface area contributed by atoms with E-state index >= 15 is 0 Å². The van der Waals surface area contributed by atoms with Crippen LogP contribution in [0.2, 0.25) is 0 Å². The molecule has 0 saturated heterocycles. The van der Waals surface area contributed by atoms with Crippen molar-refractivity contribution in [3.05, 3.63) is 28.8 Å². The Hall–Kier alpha value is -1.35. The van der Waals surface area contributed by atoms with E-state index in [4.69, 9.17) is 5.73 Å². The van der Waals surface area contributed by atoms with E-state index in [9.17, 15) is 9.90 Å². The molecule has 3 heteroatoms. The van der Waals surface area contributed by atoms with Crippen molar-refractivity contribution < 1.29 is 9.90 Å². The van der Waals surface area contributed by atoms with Gasteiger partial charge in [-0.3, -0.25) is 4.79 Å². The maximum Gasteiger partial charge on any atom is 0.164 e. The fraction of sp³-hybridized carbons (Fsp3) is 0.364. The van der Waals surface area contributed by atoms with Crippen LogP contribution in [0.1, 0.15) is 27.9 Å². The van der Waals surface area contributed by atoms with E-state index in [1.165, 1.54) is 0 Å². The van der Waals surface area contributed by atoms with Crippen LogP contribution in [0, 0.1) is 13.8 Å². The average molecular weight is 193 g/mol. The van der Waals surface area contributed by atoms with Gasteiger partial charge in [-0.15, -0.1) is 0 Å². The molecule has 1 aromatic rings. The Labute approximate surface area is 83.6 Å². The first-order valence-corrected chi connectivity index (χ1v) is 4.59. The van der Waals surface area contributed by atoms with Gasteiger partial charge in [-0.05, 0) is 43.7 Å². The van der Waals surface area contributed by atoms with E-state index in [2.05, 4.69) is 0 Å². The summed E-state index contributed by atoms with van der Waals surface area (Å²) in [6.07, 6.45) is 0.352. The smallest absolute Gasteiger partial charge is 0.164 e. The van der Waals surface area contributed by atoms with E-state index in [1.807, 2.05) is 6.92 Å². The zero-order valence-corrected chi connectivity index (χ0v) is 8.50. The lowest BCUT2D eigenvalue weighted by Gasteiger charge is -2.07. The zero-order valence-electron chi connectivity index (χ0n) is 8.50. The summed E-state index contributed by atoms with van der Waals surface area (Å²) in [5.41, 5.74) is 7.49. The summed E-state index contributed by atoms with van der Waals surface area (Å²) in [6.45, 7) is 3.94. The summed E-state index contributed by atoms with van der Waals surface area (Å²) in [6, 6.07) is 3.32. The fourth-order valence-corrected chi connectivity index (χ4v) is 1.37. The van der Waals surface area contributed by atoms with Crippen molar-refractivity contribution in [2.75, 3.05) is 6.54 Å². The summed E-state index contributed by atoms with van der Waals surface area (Å²) >= 11 is 0. The van der Waals surface area contributed by atoms with E-state index in [-0.39, 0.29) is 11.5 Å². The maximum atomic E-state index is 11.6. The van der Waals surface area contributed by atoms with Crippen LogP contribution in [0.3, 0.4) is 0 Å². The number of hydrogen-bond donors (Lipinski definition) is 2. The van der Waals surface area contributed by atoms with E-state index in [0.29, 0.717) is 18.5 Å². The Balaban J connectivity index is 3.09. The molecule has 1 rings (SSSR count). The Morgan fingerprint density at radius 2 is 2.00 bits per heavy atom. The number of Topliss-reactive ketones (excluding diaryl/α,β-unsaturated/α-hetero) is 1. The molecule has 0 amide bonds. The lowest BCUT2D eigenvalue weighted by Crippen LogP contribution is -2.09. The van der Waals surface area contributed by atoms with Gasteiger partial charge < -0.3 is 10.8 Å². The summed E-state index contributed by atoms with van der Waals surface area (Å²) in [7, 11) is 0. The van der Waals surface area contributed by atoms with Crippen molar-refractivity contribution in [2.45, 2.75) is 20.3 Å². The highest BCUT2D eigenvalue weighted by molar-refractivity contribution is 5.97. The van der Waals surface area contributed by atoms with Gasteiger partial charge in [0.25, 0.3) is 0 Å². The second-order valence-corrected chi connectivity index (χ2v) is 3.42. The monoisotopic (exact) mass is 193 g/mol. The topological polar surface area (TPSA) is 63.3 Å². The second kappa shape index (κ2) is 4.24. The van der Waals surface area contributed by atoms with Gasteiger partial charge in [0.15, 0.2) is 5.78 Å². The van der Waals surface area contributed by atoms with Gasteiger partial charge in [-0.1, -0.05) is 0 Å². The van der Waals surface area contributed by atoms with Gasteiger partial charge in [-0.25, -0.2) is 0 Å². The molecule has 0 aliphatic rings. The zero-order chi connectivity index (χ0) is 10.7. The Morgan fingerprint density at radius 1 is 1.36 bits per heavy atom. The number of rotatable bonds is 3. The predicted molar refractivity (Wildman–Crippen MR) is 55.6 cm³/mol. The highest BCUT2D eigenvalue weighted by atomic mass is 16.3. The van der Waals surface area contributed by atoms with E-state index in [0.717, 1.165) is 11.1 Å². The molecule has 0 spiro atoms. The van der Waals surface area contributed by atoms with Gasteiger partial charge in [0.05, 0.1) is 0 Å². The third kappa shape index (κ3) is 2.12. The molecule has 0 fully saturated rings. The number of hydrogen-bond acceptors (Lipinski definition) is 3. The number of phenols is 1. The van der Waals surface area contributed by atoms with Gasteiger partial charge in [0.2, 0.25) is 0 Å². The highest BCUT2D eigenvalue weighted by Gasteiger charge is 2.10. The number of nitrogens with two attached hydrogens (primary N) is 1. The van der Waals surface area contributed by atoms with Crippen LogP contribution in [0.4, 0.5) is 0 Å². The van der Waals surface area contributed by atoms with Gasteiger partial charge in [0.1, 0.15) is 5.75 Å². The van der Waals surface area contributed by atoms with Crippen LogP contribution in [-0.4, -0.2) is 17.4 Å². The molecule has 0 aliphatic heterocycles.